The van der Waals surface area contributed by atoms with Gasteiger partial charge in [0.15, 0.2) is 0 Å². The van der Waals surface area contributed by atoms with E-state index in [0.29, 0.717) is 12.1 Å². The summed E-state index contributed by atoms with van der Waals surface area (Å²) in [6, 6.07) is 7.28. The number of aromatic nitrogens is 2. The van der Waals surface area contributed by atoms with E-state index in [9.17, 15) is 13.6 Å². The lowest BCUT2D eigenvalue weighted by molar-refractivity contribution is -0.0498. The number of alkyl halides is 2. The zero-order valence-electron chi connectivity index (χ0n) is 10.7. The van der Waals surface area contributed by atoms with Crippen molar-refractivity contribution in [2.75, 3.05) is 0 Å². The van der Waals surface area contributed by atoms with Crippen LogP contribution in [0.25, 0.3) is 0 Å². The van der Waals surface area contributed by atoms with E-state index >= 15 is 0 Å². The number of hydrogen-bond acceptors (Lipinski definition) is 3. The van der Waals surface area contributed by atoms with Gasteiger partial charge in [-0.3, -0.25) is 9.48 Å². The quantitative estimate of drug-likeness (QED) is 0.911. The fraction of sp³-hybridized carbons (Fsp3) is 0.231. The Balaban J connectivity index is 1.92. The number of nitrogens with one attached hydrogen (secondary N) is 1. The van der Waals surface area contributed by atoms with Crippen molar-refractivity contribution in [3.8, 4) is 5.75 Å². The van der Waals surface area contributed by atoms with E-state index in [-0.39, 0.29) is 11.7 Å². The number of benzene rings is 1. The first-order chi connectivity index (χ1) is 9.54. The molecule has 5 nitrogen and oxygen atoms in total. The monoisotopic (exact) mass is 281 g/mol. The smallest absolute Gasteiger partial charge is 0.387 e. The Labute approximate surface area is 114 Å². The van der Waals surface area contributed by atoms with Gasteiger partial charge in [0.2, 0.25) is 0 Å². The molecule has 0 unspecified atom stereocenters. The van der Waals surface area contributed by atoms with Crippen molar-refractivity contribution in [1.82, 2.24) is 15.1 Å². The van der Waals surface area contributed by atoms with E-state index < -0.39 is 6.61 Å². The van der Waals surface area contributed by atoms with Gasteiger partial charge < -0.3 is 10.1 Å². The van der Waals surface area contributed by atoms with Crippen molar-refractivity contribution in [2.24, 2.45) is 7.05 Å². The zero-order valence-corrected chi connectivity index (χ0v) is 10.7. The fourth-order valence-corrected chi connectivity index (χ4v) is 1.62. The number of halogens is 2. The van der Waals surface area contributed by atoms with Crippen LogP contribution in [0.2, 0.25) is 0 Å². The number of amides is 1. The van der Waals surface area contributed by atoms with Crippen LogP contribution in [0.3, 0.4) is 0 Å². The minimum Gasteiger partial charge on any atom is -0.435 e. The molecule has 0 fully saturated rings. The zero-order chi connectivity index (χ0) is 14.5. The van der Waals surface area contributed by atoms with Crippen LogP contribution in [-0.4, -0.2) is 22.3 Å². The normalized spacial score (nSPS) is 10.6. The number of rotatable bonds is 5. The van der Waals surface area contributed by atoms with Crippen LogP contribution in [0.1, 0.15) is 16.1 Å². The predicted octanol–water partition coefficient (Wildman–Crippen LogP) is 1.95. The molecule has 1 aromatic carbocycles. The topological polar surface area (TPSA) is 56.2 Å². The van der Waals surface area contributed by atoms with Gasteiger partial charge in [0.25, 0.3) is 5.91 Å². The van der Waals surface area contributed by atoms with Crippen molar-refractivity contribution in [3.05, 3.63) is 47.8 Å². The molecule has 0 bridgehead atoms. The second kappa shape index (κ2) is 6.14. The molecule has 0 aliphatic carbocycles. The van der Waals surface area contributed by atoms with Gasteiger partial charge in [0.1, 0.15) is 5.75 Å². The van der Waals surface area contributed by atoms with E-state index in [1.165, 1.54) is 24.3 Å². The number of aryl methyl sites for hydroxylation is 1. The van der Waals surface area contributed by atoms with Gasteiger partial charge >= 0.3 is 6.61 Å². The molecule has 0 atom stereocenters. The van der Waals surface area contributed by atoms with Crippen molar-refractivity contribution >= 4 is 5.91 Å². The fourth-order valence-electron chi connectivity index (χ4n) is 1.62. The summed E-state index contributed by atoms with van der Waals surface area (Å²) < 4.78 is 29.8. The van der Waals surface area contributed by atoms with Gasteiger partial charge in [-0.05, 0) is 30.3 Å². The summed E-state index contributed by atoms with van der Waals surface area (Å²) in [6.07, 6.45) is 1.78. The van der Waals surface area contributed by atoms with E-state index in [4.69, 9.17) is 0 Å². The number of carbonyl (C=O) groups excluding carboxylic acids is 1. The van der Waals surface area contributed by atoms with Crippen molar-refractivity contribution in [3.63, 3.8) is 0 Å². The first-order valence-corrected chi connectivity index (χ1v) is 5.86. The molecule has 0 saturated carbocycles. The Morgan fingerprint density at radius 2 is 2.05 bits per heavy atom. The minimum absolute atomic E-state index is 0.0151. The molecule has 0 saturated heterocycles. The Morgan fingerprint density at radius 1 is 1.35 bits per heavy atom. The number of carbonyl (C=O) groups is 1. The second-order valence-electron chi connectivity index (χ2n) is 4.07. The number of hydrogen-bond donors (Lipinski definition) is 1. The standard InChI is InChI=1S/C13H13F2N3O2/c1-18-7-6-10(17-18)8-16-12(19)9-2-4-11(5-3-9)20-13(14)15/h2-7,13H,8H2,1H3,(H,16,19). The maximum absolute atomic E-state index is 12.0. The third kappa shape index (κ3) is 3.78. The molecule has 1 heterocycles. The van der Waals surface area contributed by atoms with Crippen LogP contribution in [-0.2, 0) is 13.6 Å². The third-order valence-electron chi connectivity index (χ3n) is 2.54. The maximum Gasteiger partial charge on any atom is 0.387 e. The predicted molar refractivity (Wildman–Crippen MR) is 67.5 cm³/mol. The third-order valence-corrected chi connectivity index (χ3v) is 2.54. The second-order valence-corrected chi connectivity index (χ2v) is 4.07. The summed E-state index contributed by atoms with van der Waals surface area (Å²) in [5.74, 6) is -0.291. The molecular formula is C13H13F2N3O2. The van der Waals surface area contributed by atoms with E-state index in [0.717, 1.165) is 5.69 Å². The van der Waals surface area contributed by atoms with Gasteiger partial charge in [0, 0.05) is 18.8 Å². The van der Waals surface area contributed by atoms with Crippen molar-refractivity contribution < 1.29 is 18.3 Å². The highest BCUT2D eigenvalue weighted by Crippen LogP contribution is 2.14. The van der Waals surface area contributed by atoms with E-state index in [1.807, 2.05) is 0 Å². The van der Waals surface area contributed by atoms with Crippen LogP contribution < -0.4 is 10.1 Å². The van der Waals surface area contributed by atoms with Crippen LogP contribution in [0.4, 0.5) is 8.78 Å². The van der Waals surface area contributed by atoms with Crippen LogP contribution >= 0.6 is 0 Å². The SMILES string of the molecule is Cn1ccc(CNC(=O)c2ccc(OC(F)F)cc2)n1. The lowest BCUT2D eigenvalue weighted by atomic mass is 10.2. The van der Waals surface area contributed by atoms with E-state index in [2.05, 4.69) is 15.2 Å². The van der Waals surface area contributed by atoms with Gasteiger partial charge in [-0.25, -0.2) is 0 Å². The summed E-state index contributed by atoms with van der Waals surface area (Å²) in [7, 11) is 1.78. The van der Waals surface area contributed by atoms with Crippen LogP contribution in [0, 0.1) is 0 Å². The molecule has 0 aliphatic heterocycles. The summed E-state index contributed by atoms with van der Waals surface area (Å²) >= 11 is 0. The van der Waals surface area contributed by atoms with Gasteiger partial charge in [-0.15, -0.1) is 0 Å². The maximum atomic E-state index is 12.0. The number of nitrogens with zero attached hydrogens (tertiary/aromatic N) is 2. The summed E-state index contributed by atoms with van der Waals surface area (Å²) in [6.45, 7) is -2.58. The van der Waals surface area contributed by atoms with Crippen LogP contribution in [0.5, 0.6) is 5.75 Å². The summed E-state index contributed by atoms with van der Waals surface area (Å²) in [5, 5.41) is 6.81. The molecule has 1 N–H and O–H groups in total. The molecule has 106 valence electrons. The van der Waals surface area contributed by atoms with E-state index in [1.54, 1.807) is 24.0 Å². The Kier molecular flexibility index (Phi) is 4.29. The van der Waals surface area contributed by atoms with Crippen molar-refractivity contribution in [2.45, 2.75) is 13.2 Å². The average Bonchev–Trinajstić information content (AvgIpc) is 2.82. The first kappa shape index (κ1) is 14.0. The van der Waals surface area contributed by atoms with Gasteiger partial charge in [-0.2, -0.15) is 13.9 Å². The van der Waals surface area contributed by atoms with Gasteiger partial charge in [0.05, 0.1) is 12.2 Å². The molecule has 2 aromatic rings. The summed E-state index contributed by atoms with van der Waals surface area (Å²) in [4.78, 5) is 11.8. The van der Waals surface area contributed by atoms with Crippen LogP contribution in [0.15, 0.2) is 36.5 Å². The molecule has 1 amide bonds. The molecule has 0 spiro atoms. The first-order valence-electron chi connectivity index (χ1n) is 5.86. The van der Waals surface area contributed by atoms with Crippen molar-refractivity contribution in [1.29, 1.82) is 0 Å². The largest absolute Gasteiger partial charge is 0.435 e. The highest BCUT2D eigenvalue weighted by molar-refractivity contribution is 5.94. The van der Waals surface area contributed by atoms with Gasteiger partial charge in [-0.1, -0.05) is 0 Å². The molecule has 0 aliphatic rings. The highest BCUT2D eigenvalue weighted by atomic mass is 19.3. The molecule has 0 radical (unpaired) electrons. The molecule has 2 rings (SSSR count). The average molecular weight is 281 g/mol. The lowest BCUT2D eigenvalue weighted by Gasteiger charge is -2.06. The number of ether oxygens (including phenoxy) is 1. The Morgan fingerprint density at radius 3 is 2.60 bits per heavy atom. The summed E-state index contributed by atoms with van der Waals surface area (Å²) in [5.41, 5.74) is 1.10. The highest BCUT2D eigenvalue weighted by Gasteiger charge is 2.08. The molecule has 20 heavy (non-hydrogen) atoms. The lowest BCUT2D eigenvalue weighted by Crippen LogP contribution is -2.23. The molecule has 7 heteroatoms. The Hall–Kier alpha value is -2.44. The molecular weight excluding hydrogens is 268 g/mol. The minimum atomic E-state index is -2.88. The Bertz CT molecular complexity index is 582. The molecule has 1 aromatic heterocycles.